The van der Waals surface area contributed by atoms with Crippen LogP contribution in [0, 0.1) is 11.8 Å². The highest BCUT2D eigenvalue weighted by atomic mass is 16.3. The smallest absolute Gasteiger partial charge is 0.290 e. The minimum Gasteiger partial charge on any atom is -0.483 e. The van der Waals surface area contributed by atoms with Gasteiger partial charge in [0.2, 0.25) is 5.95 Å². The number of aliphatic hydroxyl groups excluding tert-OH is 2. The van der Waals surface area contributed by atoms with Gasteiger partial charge in [0.05, 0.1) is 23.7 Å². The van der Waals surface area contributed by atoms with Crippen LogP contribution in [0.15, 0.2) is 24.3 Å². The number of hydrogen-bond donors (Lipinski definition) is 4. The van der Waals surface area contributed by atoms with Crippen LogP contribution >= 0.6 is 0 Å². The van der Waals surface area contributed by atoms with Crippen LogP contribution in [0.5, 0.6) is 0 Å². The third-order valence-corrected chi connectivity index (χ3v) is 6.01. The second-order valence-corrected chi connectivity index (χ2v) is 7.98. The Labute approximate surface area is 181 Å². The maximum Gasteiger partial charge on any atom is 0.290 e. The number of anilines is 1. The Bertz CT molecular complexity index is 836. The van der Waals surface area contributed by atoms with Crippen LogP contribution in [0.4, 0.5) is 5.95 Å². The first-order valence-corrected chi connectivity index (χ1v) is 10.2. The molecule has 2 heterocycles. The van der Waals surface area contributed by atoms with Gasteiger partial charge < -0.3 is 34.8 Å². The number of carboxylic acid groups (broad SMARTS) is 2. The molecule has 0 bridgehead atoms. The molecule has 1 saturated carbocycles. The zero-order chi connectivity index (χ0) is 23.0. The molecule has 1 saturated heterocycles. The van der Waals surface area contributed by atoms with Crippen molar-refractivity contribution >= 4 is 29.9 Å². The number of likely N-dealkylation sites (N-methyl/N-ethyl adjacent to an activating group) is 1. The Morgan fingerprint density at radius 1 is 1.10 bits per heavy atom. The third kappa shape index (κ3) is 5.72. The van der Waals surface area contributed by atoms with Gasteiger partial charge in [-0.05, 0) is 50.9 Å². The summed E-state index contributed by atoms with van der Waals surface area (Å²) >= 11 is 0. The Kier molecular flexibility index (Phi) is 9.22. The highest BCUT2D eigenvalue weighted by molar-refractivity contribution is 5.78. The average molecular weight is 437 g/mol. The summed E-state index contributed by atoms with van der Waals surface area (Å²) in [7, 11) is 4.11. The third-order valence-electron chi connectivity index (χ3n) is 6.01. The van der Waals surface area contributed by atoms with Crippen molar-refractivity contribution < 1.29 is 30.0 Å². The first kappa shape index (κ1) is 24.6. The molecule has 2 fully saturated rings. The molecule has 172 valence electrons. The number of aromatic nitrogens is 2. The lowest BCUT2D eigenvalue weighted by molar-refractivity contribution is -0.123. The number of nitrogens with zero attached hydrogens (tertiary/aromatic N) is 4. The standard InChI is InChI=1S/C19H28N4O2.2CH2O2/c1-21(2)17-9-13-11-22(12-14(13)10-18(17)25)19-20-15-5-3-4-6-16(15)23(19)7-8-24;2*2-1-3/h3-6,13-14,17-18,24-25H,7-12H2,1-2H3;2*1H,(H,2,3)/t13-,14+,17-,18-;;/m1../s1. The molecule has 1 aromatic carbocycles. The summed E-state index contributed by atoms with van der Waals surface area (Å²) in [6.07, 6.45) is 1.66. The predicted molar refractivity (Wildman–Crippen MR) is 116 cm³/mol. The summed E-state index contributed by atoms with van der Waals surface area (Å²) in [5.41, 5.74) is 2.06. The van der Waals surface area contributed by atoms with E-state index in [2.05, 4.69) is 34.5 Å². The number of fused-ring (bicyclic) bond motifs is 2. The highest BCUT2D eigenvalue weighted by Gasteiger charge is 2.43. The minimum atomic E-state index is -0.250. The van der Waals surface area contributed by atoms with Gasteiger partial charge in [-0.15, -0.1) is 0 Å². The molecule has 10 heteroatoms. The number of aliphatic hydroxyl groups is 2. The molecule has 31 heavy (non-hydrogen) atoms. The van der Waals surface area contributed by atoms with E-state index in [1.165, 1.54) is 0 Å². The second-order valence-electron chi connectivity index (χ2n) is 7.98. The fourth-order valence-corrected chi connectivity index (χ4v) is 4.75. The molecular weight excluding hydrogens is 404 g/mol. The second kappa shape index (κ2) is 11.6. The summed E-state index contributed by atoms with van der Waals surface area (Å²) in [5, 5.41) is 33.8. The van der Waals surface area contributed by atoms with Crippen LogP contribution in [0.1, 0.15) is 12.8 Å². The zero-order valence-corrected chi connectivity index (χ0v) is 17.9. The van der Waals surface area contributed by atoms with E-state index < -0.39 is 0 Å². The van der Waals surface area contributed by atoms with Gasteiger partial charge in [0.25, 0.3) is 12.9 Å². The van der Waals surface area contributed by atoms with Gasteiger partial charge >= 0.3 is 0 Å². The van der Waals surface area contributed by atoms with E-state index in [0.717, 1.165) is 42.9 Å². The normalized spacial score (nSPS) is 24.6. The minimum absolute atomic E-state index is 0.107. The molecule has 4 N–H and O–H groups in total. The summed E-state index contributed by atoms with van der Waals surface area (Å²) in [5.74, 6) is 2.08. The van der Waals surface area contributed by atoms with E-state index in [9.17, 15) is 10.2 Å². The Hall–Kier alpha value is -2.69. The summed E-state index contributed by atoms with van der Waals surface area (Å²) in [6, 6.07) is 8.36. The Balaban J connectivity index is 0.000000513. The van der Waals surface area contributed by atoms with Gasteiger partial charge in [-0.1, -0.05) is 12.1 Å². The van der Waals surface area contributed by atoms with E-state index in [1.807, 2.05) is 18.2 Å². The molecule has 0 spiro atoms. The first-order chi connectivity index (χ1) is 14.9. The van der Waals surface area contributed by atoms with E-state index in [-0.39, 0.29) is 31.7 Å². The number of hydrogen-bond acceptors (Lipinski definition) is 7. The van der Waals surface area contributed by atoms with Crippen molar-refractivity contribution in [2.24, 2.45) is 11.8 Å². The first-order valence-electron chi connectivity index (χ1n) is 10.2. The van der Waals surface area contributed by atoms with Gasteiger partial charge in [0.15, 0.2) is 0 Å². The lowest BCUT2D eigenvalue weighted by Crippen LogP contribution is -2.46. The van der Waals surface area contributed by atoms with Crippen molar-refractivity contribution in [2.75, 3.05) is 38.7 Å². The van der Waals surface area contributed by atoms with Crippen LogP contribution in [-0.4, -0.2) is 93.8 Å². The molecule has 2 aliphatic rings. The zero-order valence-electron chi connectivity index (χ0n) is 17.9. The quantitative estimate of drug-likeness (QED) is 0.506. The van der Waals surface area contributed by atoms with Gasteiger partial charge in [-0.25, -0.2) is 4.98 Å². The molecule has 1 aliphatic carbocycles. The molecule has 1 aromatic heterocycles. The molecular formula is C21H32N4O6. The molecule has 0 amide bonds. The lowest BCUT2D eigenvalue weighted by atomic mass is 9.77. The monoisotopic (exact) mass is 436 g/mol. The fourth-order valence-electron chi connectivity index (χ4n) is 4.75. The van der Waals surface area contributed by atoms with Crippen molar-refractivity contribution in [1.29, 1.82) is 0 Å². The van der Waals surface area contributed by atoms with Crippen LogP contribution in [0.25, 0.3) is 11.0 Å². The molecule has 1 aliphatic heterocycles. The molecule has 4 atom stereocenters. The van der Waals surface area contributed by atoms with Crippen molar-refractivity contribution in [3.8, 4) is 0 Å². The summed E-state index contributed by atoms with van der Waals surface area (Å²) in [6.45, 7) is 2.09. The number of para-hydroxylation sites is 2. The number of imidazole rings is 1. The van der Waals surface area contributed by atoms with Gasteiger partial charge in [0.1, 0.15) is 0 Å². The Morgan fingerprint density at radius 3 is 2.26 bits per heavy atom. The summed E-state index contributed by atoms with van der Waals surface area (Å²) in [4.78, 5) is 26.1. The van der Waals surface area contributed by atoms with Crippen molar-refractivity contribution in [3.63, 3.8) is 0 Å². The fraction of sp³-hybridized carbons (Fsp3) is 0.571. The van der Waals surface area contributed by atoms with Crippen molar-refractivity contribution in [1.82, 2.24) is 14.5 Å². The van der Waals surface area contributed by atoms with Crippen LogP contribution < -0.4 is 4.90 Å². The molecule has 10 nitrogen and oxygen atoms in total. The van der Waals surface area contributed by atoms with E-state index in [1.54, 1.807) is 0 Å². The molecule has 2 aromatic rings. The average Bonchev–Trinajstić information content (AvgIpc) is 3.30. The SMILES string of the molecule is CN(C)[C@@H]1C[C@@H]2CN(c3nc4ccccc4n3CCO)C[C@@H]2C[C@H]1O.O=CO.O=CO. The van der Waals surface area contributed by atoms with Gasteiger partial charge in [-0.3, -0.25) is 9.59 Å². The molecule has 0 unspecified atom stereocenters. The van der Waals surface area contributed by atoms with Crippen molar-refractivity contribution in [3.05, 3.63) is 24.3 Å². The van der Waals surface area contributed by atoms with Crippen LogP contribution in [0.3, 0.4) is 0 Å². The topological polar surface area (TPSA) is 139 Å². The molecule has 4 rings (SSSR count). The highest BCUT2D eigenvalue weighted by Crippen LogP contribution is 2.39. The summed E-state index contributed by atoms with van der Waals surface area (Å²) < 4.78 is 2.13. The van der Waals surface area contributed by atoms with Crippen molar-refractivity contribution in [2.45, 2.75) is 31.5 Å². The van der Waals surface area contributed by atoms with Crippen LogP contribution in [-0.2, 0) is 16.1 Å². The van der Waals surface area contributed by atoms with E-state index in [0.29, 0.717) is 18.4 Å². The molecule has 0 radical (unpaired) electrons. The van der Waals surface area contributed by atoms with E-state index in [4.69, 9.17) is 24.8 Å². The number of benzene rings is 1. The van der Waals surface area contributed by atoms with Crippen LogP contribution in [0.2, 0.25) is 0 Å². The predicted octanol–water partition coefficient (Wildman–Crippen LogP) is 0.568. The number of carbonyl (C=O) groups is 2. The lowest BCUT2D eigenvalue weighted by Gasteiger charge is -2.38. The van der Waals surface area contributed by atoms with E-state index >= 15 is 0 Å². The van der Waals surface area contributed by atoms with Gasteiger partial charge in [-0.2, -0.15) is 0 Å². The maximum absolute atomic E-state index is 10.5. The van der Waals surface area contributed by atoms with Gasteiger partial charge in [0, 0.05) is 25.7 Å². The number of rotatable bonds is 4. The maximum atomic E-state index is 10.5. The Morgan fingerprint density at radius 2 is 1.68 bits per heavy atom. The largest absolute Gasteiger partial charge is 0.483 e.